The first kappa shape index (κ1) is 15.1. The fourth-order valence-electron chi connectivity index (χ4n) is 1.51. The molecule has 20 heavy (non-hydrogen) atoms. The second-order valence-corrected chi connectivity index (χ2v) is 6.29. The number of nitrogens with two attached hydrogens (primary N) is 1. The van der Waals surface area contributed by atoms with Crippen LogP contribution >= 0.6 is 23.2 Å². The smallest absolute Gasteiger partial charge is 0.238 e. The van der Waals surface area contributed by atoms with E-state index in [4.69, 9.17) is 33.1 Å². The van der Waals surface area contributed by atoms with Crippen molar-refractivity contribution in [2.45, 2.75) is 11.4 Å². The van der Waals surface area contributed by atoms with Crippen LogP contribution in [-0.2, 0) is 16.6 Å². The number of nitrogens with zero attached hydrogens (tertiary/aromatic N) is 2. The number of rotatable bonds is 5. The SMILES string of the molecule is NS(=O)(=O)c1cc(Cl)c(OCCn2ccnc2)c(Cl)c1. The number of primary sulfonamides is 1. The van der Waals surface area contributed by atoms with Crippen LogP contribution in [0.15, 0.2) is 35.7 Å². The zero-order chi connectivity index (χ0) is 14.8. The Morgan fingerprint density at radius 2 is 1.95 bits per heavy atom. The van der Waals surface area contributed by atoms with Crippen LogP contribution in [0.2, 0.25) is 10.0 Å². The largest absolute Gasteiger partial charge is 0.489 e. The van der Waals surface area contributed by atoms with Crippen LogP contribution in [0.3, 0.4) is 0 Å². The molecule has 0 bridgehead atoms. The fourth-order valence-corrected chi connectivity index (χ4v) is 2.80. The van der Waals surface area contributed by atoms with Gasteiger partial charge in [0.05, 0.1) is 27.8 Å². The maximum absolute atomic E-state index is 11.2. The minimum absolute atomic E-state index is 0.0900. The van der Waals surface area contributed by atoms with Crippen molar-refractivity contribution in [3.05, 3.63) is 40.9 Å². The fraction of sp³-hybridized carbons (Fsp3) is 0.182. The minimum Gasteiger partial charge on any atom is -0.489 e. The van der Waals surface area contributed by atoms with Crippen LogP contribution in [0.4, 0.5) is 0 Å². The summed E-state index contributed by atoms with van der Waals surface area (Å²) >= 11 is 11.9. The first-order valence-electron chi connectivity index (χ1n) is 5.48. The molecule has 9 heteroatoms. The summed E-state index contributed by atoms with van der Waals surface area (Å²) in [6, 6.07) is 2.41. The molecule has 1 aromatic carbocycles. The number of benzene rings is 1. The van der Waals surface area contributed by atoms with E-state index in [9.17, 15) is 8.42 Å². The lowest BCUT2D eigenvalue weighted by atomic mass is 10.3. The number of imidazole rings is 1. The van der Waals surface area contributed by atoms with E-state index in [0.717, 1.165) is 0 Å². The van der Waals surface area contributed by atoms with Gasteiger partial charge < -0.3 is 9.30 Å². The summed E-state index contributed by atoms with van der Waals surface area (Å²) in [6.07, 6.45) is 5.09. The van der Waals surface area contributed by atoms with Crippen LogP contribution in [0, 0.1) is 0 Å². The molecule has 0 fully saturated rings. The molecule has 2 aromatic rings. The molecule has 0 aliphatic heterocycles. The molecule has 1 aromatic heterocycles. The highest BCUT2D eigenvalue weighted by atomic mass is 35.5. The van der Waals surface area contributed by atoms with Gasteiger partial charge in [0.2, 0.25) is 10.0 Å². The van der Waals surface area contributed by atoms with E-state index < -0.39 is 10.0 Å². The second kappa shape index (κ2) is 6.01. The van der Waals surface area contributed by atoms with Gasteiger partial charge in [-0.1, -0.05) is 23.2 Å². The van der Waals surface area contributed by atoms with Gasteiger partial charge in [-0.15, -0.1) is 0 Å². The molecule has 0 saturated carbocycles. The Labute approximate surface area is 126 Å². The lowest BCUT2D eigenvalue weighted by molar-refractivity contribution is 0.298. The Balaban J connectivity index is 2.12. The molecule has 0 spiro atoms. The van der Waals surface area contributed by atoms with Gasteiger partial charge in [-0.05, 0) is 12.1 Å². The molecular weight excluding hydrogens is 325 g/mol. The molecule has 6 nitrogen and oxygen atoms in total. The van der Waals surface area contributed by atoms with Crippen molar-refractivity contribution in [3.63, 3.8) is 0 Å². The number of hydrogen-bond donors (Lipinski definition) is 1. The summed E-state index contributed by atoms with van der Waals surface area (Å²) in [7, 11) is -3.86. The standard InChI is InChI=1S/C11H11Cl2N3O3S/c12-9-5-8(20(14,17)18)6-10(13)11(9)19-4-3-16-2-1-15-7-16/h1-2,5-7H,3-4H2,(H2,14,17,18). The zero-order valence-electron chi connectivity index (χ0n) is 10.2. The average Bonchev–Trinajstić information content (AvgIpc) is 2.84. The van der Waals surface area contributed by atoms with E-state index in [2.05, 4.69) is 4.98 Å². The van der Waals surface area contributed by atoms with Crippen molar-refractivity contribution >= 4 is 33.2 Å². The van der Waals surface area contributed by atoms with Crippen molar-refractivity contribution < 1.29 is 13.2 Å². The molecule has 0 radical (unpaired) electrons. The van der Waals surface area contributed by atoms with Crippen LogP contribution < -0.4 is 9.88 Å². The molecular formula is C11H11Cl2N3O3S. The predicted molar refractivity (Wildman–Crippen MR) is 75.6 cm³/mol. The Morgan fingerprint density at radius 1 is 1.30 bits per heavy atom. The van der Waals surface area contributed by atoms with Crippen LogP contribution in [0.25, 0.3) is 0 Å². The van der Waals surface area contributed by atoms with Gasteiger partial charge in [-0.25, -0.2) is 18.5 Å². The number of ether oxygens (including phenoxy) is 1. The summed E-state index contributed by atoms with van der Waals surface area (Å²) in [5.74, 6) is 0.223. The number of hydrogen-bond acceptors (Lipinski definition) is 4. The summed E-state index contributed by atoms with van der Waals surface area (Å²) in [6.45, 7) is 0.869. The molecule has 1 heterocycles. The topological polar surface area (TPSA) is 87.2 Å². The molecule has 0 aliphatic rings. The van der Waals surface area contributed by atoms with Gasteiger partial charge in [0, 0.05) is 12.4 Å². The normalized spacial score (nSPS) is 11.6. The highest BCUT2D eigenvalue weighted by Crippen LogP contribution is 2.35. The monoisotopic (exact) mass is 335 g/mol. The second-order valence-electron chi connectivity index (χ2n) is 3.91. The summed E-state index contributed by atoms with van der Waals surface area (Å²) in [4.78, 5) is 3.74. The molecule has 0 unspecified atom stereocenters. The van der Waals surface area contributed by atoms with Gasteiger partial charge in [0.25, 0.3) is 0 Å². The van der Waals surface area contributed by atoms with E-state index in [-0.39, 0.29) is 20.7 Å². The van der Waals surface area contributed by atoms with Gasteiger partial charge in [-0.3, -0.25) is 0 Å². The molecule has 0 saturated heterocycles. The highest BCUT2D eigenvalue weighted by molar-refractivity contribution is 7.89. The molecule has 0 amide bonds. The Bertz CT molecular complexity index is 679. The molecule has 108 valence electrons. The summed E-state index contributed by atoms with van der Waals surface area (Å²) < 4.78 is 29.7. The third-order valence-corrected chi connectivity index (χ3v) is 3.91. The first-order chi connectivity index (χ1) is 9.38. The van der Waals surface area contributed by atoms with Gasteiger partial charge in [-0.2, -0.15) is 0 Å². The number of aromatic nitrogens is 2. The van der Waals surface area contributed by atoms with Crippen molar-refractivity contribution in [1.29, 1.82) is 0 Å². The highest BCUT2D eigenvalue weighted by Gasteiger charge is 2.15. The molecule has 0 aliphatic carbocycles. The third kappa shape index (κ3) is 3.63. The maximum Gasteiger partial charge on any atom is 0.238 e. The number of sulfonamides is 1. The van der Waals surface area contributed by atoms with Gasteiger partial charge in [0.1, 0.15) is 6.61 Å². The van der Waals surface area contributed by atoms with E-state index in [1.807, 2.05) is 4.57 Å². The van der Waals surface area contributed by atoms with E-state index in [1.165, 1.54) is 12.1 Å². The van der Waals surface area contributed by atoms with E-state index in [1.54, 1.807) is 18.7 Å². The van der Waals surface area contributed by atoms with Crippen molar-refractivity contribution in [1.82, 2.24) is 9.55 Å². The Morgan fingerprint density at radius 3 is 2.45 bits per heavy atom. The van der Waals surface area contributed by atoms with E-state index in [0.29, 0.717) is 13.2 Å². The maximum atomic E-state index is 11.2. The lowest BCUT2D eigenvalue weighted by Crippen LogP contribution is -2.12. The average molecular weight is 336 g/mol. The van der Waals surface area contributed by atoms with Crippen LogP contribution in [0.5, 0.6) is 5.75 Å². The van der Waals surface area contributed by atoms with Gasteiger partial charge in [0.15, 0.2) is 5.75 Å². The lowest BCUT2D eigenvalue weighted by Gasteiger charge is -2.11. The molecule has 2 N–H and O–H groups in total. The van der Waals surface area contributed by atoms with Crippen LogP contribution in [-0.4, -0.2) is 24.6 Å². The van der Waals surface area contributed by atoms with Gasteiger partial charge >= 0.3 is 0 Å². The number of halogens is 2. The van der Waals surface area contributed by atoms with Crippen molar-refractivity contribution in [3.8, 4) is 5.75 Å². The molecule has 0 atom stereocenters. The Hall–Kier alpha value is -1.28. The molecule has 2 rings (SSSR count). The zero-order valence-corrected chi connectivity index (χ0v) is 12.5. The third-order valence-electron chi connectivity index (χ3n) is 2.46. The van der Waals surface area contributed by atoms with E-state index >= 15 is 0 Å². The predicted octanol–water partition coefficient (Wildman–Crippen LogP) is 1.92. The van der Waals surface area contributed by atoms with Crippen LogP contribution in [0.1, 0.15) is 0 Å². The summed E-state index contributed by atoms with van der Waals surface area (Å²) in [5.41, 5.74) is 0. The summed E-state index contributed by atoms with van der Waals surface area (Å²) in [5, 5.41) is 5.19. The minimum atomic E-state index is -3.86. The Kier molecular flexibility index (Phi) is 4.54. The quantitative estimate of drug-likeness (QED) is 0.904. The first-order valence-corrected chi connectivity index (χ1v) is 7.78. The van der Waals surface area contributed by atoms with Crippen molar-refractivity contribution in [2.24, 2.45) is 5.14 Å². The van der Waals surface area contributed by atoms with Crippen molar-refractivity contribution in [2.75, 3.05) is 6.61 Å².